The average molecular weight is 242 g/mol. The number of ether oxygens (including phenoxy) is 1. The standard InChI is InChI=1S/C15H18N2O/c1-11-4-5-12(2)14(8-11)18-10-13-6-7-15(16-3)17-9-13/h4-9H,10H2,1-3H3,(H,16,17). The van der Waals surface area contributed by atoms with Crippen molar-refractivity contribution >= 4 is 5.82 Å². The van der Waals surface area contributed by atoms with Crippen LogP contribution in [0.3, 0.4) is 0 Å². The lowest BCUT2D eigenvalue weighted by molar-refractivity contribution is 0.303. The first-order valence-electron chi connectivity index (χ1n) is 6.02. The summed E-state index contributed by atoms with van der Waals surface area (Å²) in [6.45, 7) is 4.66. The van der Waals surface area contributed by atoms with E-state index in [-0.39, 0.29) is 0 Å². The van der Waals surface area contributed by atoms with Crippen LogP contribution in [0.15, 0.2) is 36.5 Å². The van der Waals surface area contributed by atoms with E-state index in [0.717, 1.165) is 22.7 Å². The molecule has 0 unspecified atom stereocenters. The van der Waals surface area contributed by atoms with Crippen LogP contribution in [0.25, 0.3) is 0 Å². The number of rotatable bonds is 4. The Morgan fingerprint density at radius 3 is 2.67 bits per heavy atom. The second kappa shape index (κ2) is 5.54. The van der Waals surface area contributed by atoms with E-state index in [4.69, 9.17) is 4.74 Å². The molecule has 0 saturated heterocycles. The molecule has 1 aromatic heterocycles. The minimum Gasteiger partial charge on any atom is -0.489 e. The third kappa shape index (κ3) is 3.00. The van der Waals surface area contributed by atoms with Gasteiger partial charge in [0.05, 0.1) is 0 Å². The van der Waals surface area contributed by atoms with Crippen molar-refractivity contribution in [2.24, 2.45) is 0 Å². The van der Waals surface area contributed by atoms with E-state index in [1.54, 1.807) is 0 Å². The molecule has 0 aliphatic heterocycles. The van der Waals surface area contributed by atoms with Crippen LogP contribution in [-0.2, 0) is 6.61 Å². The van der Waals surface area contributed by atoms with Crippen LogP contribution in [0.4, 0.5) is 5.82 Å². The Hall–Kier alpha value is -2.03. The Labute approximate surface area is 108 Å². The Morgan fingerprint density at radius 2 is 2.00 bits per heavy atom. The third-order valence-electron chi connectivity index (χ3n) is 2.82. The van der Waals surface area contributed by atoms with E-state index < -0.39 is 0 Å². The molecule has 0 radical (unpaired) electrons. The summed E-state index contributed by atoms with van der Waals surface area (Å²) in [5, 5.41) is 2.99. The van der Waals surface area contributed by atoms with E-state index in [0.29, 0.717) is 6.61 Å². The molecule has 0 atom stereocenters. The lowest BCUT2D eigenvalue weighted by atomic mass is 10.1. The number of benzene rings is 1. The number of anilines is 1. The molecule has 2 aromatic rings. The number of aryl methyl sites for hydroxylation is 2. The van der Waals surface area contributed by atoms with E-state index in [1.807, 2.05) is 25.4 Å². The van der Waals surface area contributed by atoms with Crippen molar-refractivity contribution in [2.75, 3.05) is 12.4 Å². The first-order chi connectivity index (χ1) is 8.69. The molecular weight excluding hydrogens is 224 g/mol. The molecule has 0 aliphatic carbocycles. The fourth-order valence-electron chi connectivity index (χ4n) is 1.68. The lowest BCUT2D eigenvalue weighted by Crippen LogP contribution is -1.99. The molecule has 0 aliphatic rings. The highest BCUT2D eigenvalue weighted by Crippen LogP contribution is 2.20. The van der Waals surface area contributed by atoms with E-state index in [2.05, 4.69) is 42.3 Å². The van der Waals surface area contributed by atoms with Gasteiger partial charge in [-0.1, -0.05) is 18.2 Å². The Bertz CT molecular complexity index is 521. The zero-order valence-electron chi connectivity index (χ0n) is 11.0. The number of pyridine rings is 1. The molecule has 1 heterocycles. The van der Waals surface area contributed by atoms with Gasteiger partial charge < -0.3 is 10.1 Å². The van der Waals surface area contributed by atoms with Gasteiger partial charge in [0.1, 0.15) is 18.2 Å². The summed E-state index contributed by atoms with van der Waals surface area (Å²) in [6, 6.07) is 10.2. The van der Waals surface area contributed by atoms with Gasteiger partial charge in [-0.3, -0.25) is 0 Å². The van der Waals surface area contributed by atoms with Crippen LogP contribution in [0, 0.1) is 13.8 Å². The van der Waals surface area contributed by atoms with Gasteiger partial charge in [-0.2, -0.15) is 0 Å². The Morgan fingerprint density at radius 1 is 1.17 bits per heavy atom. The topological polar surface area (TPSA) is 34.1 Å². The third-order valence-corrected chi connectivity index (χ3v) is 2.82. The zero-order valence-corrected chi connectivity index (χ0v) is 11.0. The maximum atomic E-state index is 5.82. The van der Waals surface area contributed by atoms with Gasteiger partial charge in [0.2, 0.25) is 0 Å². The summed E-state index contributed by atoms with van der Waals surface area (Å²) in [7, 11) is 1.86. The van der Waals surface area contributed by atoms with E-state index in [9.17, 15) is 0 Å². The van der Waals surface area contributed by atoms with Gasteiger partial charge in [0.25, 0.3) is 0 Å². The first kappa shape index (κ1) is 12.4. The van der Waals surface area contributed by atoms with Gasteiger partial charge in [0.15, 0.2) is 0 Å². The average Bonchev–Trinajstić information content (AvgIpc) is 2.40. The quantitative estimate of drug-likeness (QED) is 0.893. The summed E-state index contributed by atoms with van der Waals surface area (Å²) in [4.78, 5) is 4.26. The number of hydrogen-bond acceptors (Lipinski definition) is 3. The van der Waals surface area contributed by atoms with E-state index >= 15 is 0 Å². The maximum Gasteiger partial charge on any atom is 0.125 e. The highest BCUT2D eigenvalue weighted by molar-refractivity contribution is 5.37. The molecule has 1 aromatic carbocycles. The van der Waals surface area contributed by atoms with E-state index in [1.165, 1.54) is 5.56 Å². The molecule has 94 valence electrons. The fourth-order valence-corrected chi connectivity index (χ4v) is 1.68. The molecule has 0 fully saturated rings. The molecule has 2 rings (SSSR count). The second-order valence-electron chi connectivity index (χ2n) is 4.36. The van der Waals surface area contributed by atoms with Crippen molar-refractivity contribution in [1.29, 1.82) is 0 Å². The molecule has 3 heteroatoms. The maximum absolute atomic E-state index is 5.82. The van der Waals surface area contributed by atoms with Crippen molar-refractivity contribution in [3.63, 3.8) is 0 Å². The summed E-state index contributed by atoms with van der Waals surface area (Å²) in [5.74, 6) is 1.80. The second-order valence-corrected chi connectivity index (χ2v) is 4.36. The number of hydrogen-bond donors (Lipinski definition) is 1. The molecule has 0 saturated carbocycles. The highest BCUT2D eigenvalue weighted by Gasteiger charge is 2.01. The zero-order chi connectivity index (χ0) is 13.0. The molecule has 18 heavy (non-hydrogen) atoms. The number of nitrogens with zero attached hydrogens (tertiary/aromatic N) is 1. The normalized spacial score (nSPS) is 10.2. The summed E-state index contributed by atoms with van der Waals surface area (Å²) < 4.78 is 5.82. The van der Waals surface area contributed by atoms with Crippen LogP contribution < -0.4 is 10.1 Å². The van der Waals surface area contributed by atoms with Crippen LogP contribution in [0.2, 0.25) is 0 Å². The highest BCUT2D eigenvalue weighted by atomic mass is 16.5. The Balaban J connectivity index is 2.04. The number of nitrogens with one attached hydrogen (secondary N) is 1. The van der Waals surface area contributed by atoms with Crippen molar-refractivity contribution in [3.8, 4) is 5.75 Å². The van der Waals surface area contributed by atoms with Crippen molar-refractivity contribution in [2.45, 2.75) is 20.5 Å². The van der Waals surface area contributed by atoms with Crippen LogP contribution in [0.5, 0.6) is 5.75 Å². The smallest absolute Gasteiger partial charge is 0.125 e. The van der Waals surface area contributed by atoms with Gasteiger partial charge in [-0.05, 0) is 37.1 Å². The SMILES string of the molecule is CNc1ccc(COc2cc(C)ccc2C)cn1. The number of aromatic nitrogens is 1. The summed E-state index contributed by atoms with van der Waals surface area (Å²) >= 11 is 0. The minimum atomic E-state index is 0.543. The monoisotopic (exact) mass is 242 g/mol. The summed E-state index contributed by atoms with van der Waals surface area (Å²) in [5.41, 5.74) is 3.43. The van der Waals surface area contributed by atoms with Crippen LogP contribution >= 0.6 is 0 Å². The fraction of sp³-hybridized carbons (Fsp3) is 0.267. The van der Waals surface area contributed by atoms with Crippen molar-refractivity contribution < 1.29 is 4.74 Å². The van der Waals surface area contributed by atoms with Crippen molar-refractivity contribution in [1.82, 2.24) is 4.98 Å². The molecular formula is C15H18N2O. The predicted octanol–water partition coefficient (Wildman–Crippen LogP) is 3.32. The predicted molar refractivity (Wildman–Crippen MR) is 74.0 cm³/mol. The molecule has 0 spiro atoms. The molecule has 0 amide bonds. The summed E-state index contributed by atoms with van der Waals surface area (Å²) in [6.07, 6.45) is 1.83. The molecule has 1 N–H and O–H groups in total. The van der Waals surface area contributed by atoms with Gasteiger partial charge in [-0.25, -0.2) is 4.98 Å². The van der Waals surface area contributed by atoms with Crippen LogP contribution in [-0.4, -0.2) is 12.0 Å². The first-order valence-corrected chi connectivity index (χ1v) is 6.02. The molecule has 0 bridgehead atoms. The van der Waals surface area contributed by atoms with Crippen molar-refractivity contribution in [3.05, 3.63) is 53.2 Å². The van der Waals surface area contributed by atoms with Gasteiger partial charge >= 0.3 is 0 Å². The lowest BCUT2D eigenvalue weighted by Gasteiger charge is -2.10. The van der Waals surface area contributed by atoms with Crippen LogP contribution in [0.1, 0.15) is 16.7 Å². The van der Waals surface area contributed by atoms with Gasteiger partial charge in [0, 0.05) is 18.8 Å². The Kier molecular flexibility index (Phi) is 3.82. The largest absolute Gasteiger partial charge is 0.489 e. The van der Waals surface area contributed by atoms with Gasteiger partial charge in [-0.15, -0.1) is 0 Å². The molecule has 3 nitrogen and oxygen atoms in total. The minimum absolute atomic E-state index is 0.543.